The van der Waals surface area contributed by atoms with Gasteiger partial charge in [-0.25, -0.2) is 0 Å². The summed E-state index contributed by atoms with van der Waals surface area (Å²) in [6, 6.07) is 0.418. The molecule has 1 amide bonds. The average Bonchev–Trinajstić information content (AvgIpc) is 3.30. The van der Waals surface area contributed by atoms with E-state index in [1.54, 1.807) is 0 Å². The second kappa shape index (κ2) is 5.15. The lowest BCUT2D eigenvalue weighted by Crippen LogP contribution is -2.32. The Morgan fingerprint density at radius 1 is 1.42 bits per heavy atom. The van der Waals surface area contributed by atoms with Gasteiger partial charge in [-0.2, -0.15) is 0 Å². The number of hydrogen-bond donors (Lipinski definition) is 1. The van der Waals surface area contributed by atoms with Crippen molar-refractivity contribution < 1.29 is 4.79 Å². The number of aromatic nitrogens is 3. The summed E-state index contributed by atoms with van der Waals surface area (Å²) in [6.07, 6.45) is 4.70. The fraction of sp³-hybridized carbons (Fsp3) is 0.769. The maximum absolute atomic E-state index is 12.0. The summed E-state index contributed by atoms with van der Waals surface area (Å²) >= 11 is 1.52. The molecule has 104 valence electrons. The topological polar surface area (TPSA) is 59.8 Å². The summed E-state index contributed by atoms with van der Waals surface area (Å²) < 4.78 is 2.16. The molecule has 0 saturated heterocycles. The van der Waals surface area contributed by atoms with Gasteiger partial charge in [-0.1, -0.05) is 11.8 Å². The van der Waals surface area contributed by atoms with Gasteiger partial charge in [0.15, 0.2) is 5.16 Å². The van der Waals surface area contributed by atoms with Crippen molar-refractivity contribution in [2.24, 2.45) is 0 Å². The smallest absolute Gasteiger partial charge is 0.233 e. The molecule has 2 fully saturated rings. The van der Waals surface area contributed by atoms with Crippen molar-refractivity contribution in [2.75, 3.05) is 0 Å². The summed E-state index contributed by atoms with van der Waals surface area (Å²) in [7, 11) is 0. The van der Waals surface area contributed by atoms with E-state index in [2.05, 4.69) is 27.0 Å². The van der Waals surface area contributed by atoms with Gasteiger partial charge in [-0.05, 0) is 39.5 Å². The van der Waals surface area contributed by atoms with Crippen molar-refractivity contribution in [3.63, 3.8) is 0 Å². The number of hydrogen-bond acceptors (Lipinski definition) is 4. The molecule has 3 rings (SSSR count). The van der Waals surface area contributed by atoms with E-state index in [1.807, 2.05) is 6.92 Å². The second-order valence-electron chi connectivity index (χ2n) is 5.40. The van der Waals surface area contributed by atoms with E-state index in [0.29, 0.717) is 12.0 Å². The van der Waals surface area contributed by atoms with E-state index in [0.717, 1.165) is 30.4 Å². The number of nitrogens with one attached hydrogen (secondary N) is 1. The zero-order chi connectivity index (χ0) is 13.4. The number of carbonyl (C=O) groups excluding carboxylic acids is 1. The monoisotopic (exact) mass is 280 g/mol. The quantitative estimate of drug-likeness (QED) is 0.809. The summed E-state index contributed by atoms with van der Waals surface area (Å²) in [5.41, 5.74) is 0. The van der Waals surface area contributed by atoms with Crippen molar-refractivity contribution in [1.82, 2.24) is 20.1 Å². The maximum atomic E-state index is 12.0. The zero-order valence-electron chi connectivity index (χ0n) is 11.4. The predicted octanol–water partition coefficient (Wildman–Crippen LogP) is 1.93. The van der Waals surface area contributed by atoms with Crippen LogP contribution in [0.5, 0.6) is 0 Å². The van der Waals surface area contributed by atoms with Gasteiger partial charge in [0.2, 0.25) is 5.91 Å². The van der Waals surface area contributed by atoms with Crippen LogP contribution in [-0.2, 0) is 11.3 Å². The van der Waals surface area contributed by atoms with Crippen molar-refractivity contribution in [2.45, 2.75) is 68.4 Å². The van der Waals surface area contributed by atoms with Crippen molar-refractivity contribution in [3.05, 3.63) is 5.82 Å². The molecule has 0 spiro atoms. The van der Waals surface area contributed by atoms with E-state index >= 15 is 0 Å². The number of nitrogens with zero attached hydrogens (tertiary/aromatic N) is 3. The van der Waals surface area contributed by atoms with Crippen LogP contribution in [0.2, 0.25) is 0 Å². The van der Waals surface area contributed by atoms with E-state index < -0.39 is 0 Å². The van der Waals surface area contributed by atoms with Crippen LogP contribution in [0.4, 0.5) is 0 Å². The van der Waals surface area contributed by atoms with Crippen LogP contribution < -0.4 is 5.32 Å². The lowest BCUT2D eigenvalue weighted by molar-refractivity contribution is -0.120. The van der Waals surface area contributed by atoms with Crippen molar-refractivity contribution in [1.29, 1.82) is 0 Å². The van der Waals surface area contributed by atoms with Crippen LogP contribution in [0.3, 0.4) is 0 Å². The van der Waals surface area contributed by atoms with Gasteiger partial charge >= 0.3 is 0 Å². The second-order valence-corrected chi connectivity index (χ2v) is 6.71. The molecule has 6 heteroatoms. The predicted molar refractivity (Wildman–Crippen MR) is 74.2 cm³/mol. The molecule has 0 aliphatic heterocycles. The van der Waals surface area contributed by atoms with Crippen molar-refractivity contribution >= 4 is 17.7 Å². The molecule has 1 aromatic rings. The largest absolute Gasteiger partial charge is 0.352 e. The molecule has 1 N–H and O–H groups in total. The Hall–Kier alpha value is -1.04. The molecule has 5 nitrogen and oxygen atoms in total. The fourth-order valence-corrected chi connectivity index (χ4v) is 3.01. The van der Waals surface area contributed by atoms with E-state index in [4.69, 9.17) is 0 Å². The number of rotatable bonds is 6. The first kappa shape index (κ1) is 13.0. The maximum Gasteiger partial charge on any atom is 0.233 e. The number of thioether (sulfide) groups is 1. The van der Waals surface area contributed by atoms with Gasteiger partial charge in [0.1, 0.15) is 5.82 Å². The molecule has 2 aliphatic carbocycles. The van der Waals surface area contributed by atoms with Crippen LogP contribution in [0, 0.1) is 0 Å². The molecular formula is C13H20N4OS. The van der Waals surface area contributed by atoms with Crippen LogP contribution in [0.25, 0.3) is 0 Å². The molecule has 19 heavy (non-hydrogen) atoms. The standard InChI is InChI=1S/C13H20N4OS/c1-3-17-11(9-4-5-9)15-16-13(17)19-8(2)12(18)14-10-6-7-10/h8-10H,3-7H2,1-2H3,(H,14,18)/t8-/m1/s1. The summed E-state index contributed by atoms with van der Waals surface area (Å²) in [4.78, 5) is 12.0. The van der Waals surface area contributed by atoms with Gasteiger partial charge in [-0.3, -0.25) is 4.79 Å². The molecule has 0 unspecified atom stereocenters. The van der Waals surface area contributed by atoms with Gasteiger partial charge in [0.05, 0.1) is 5.25 Å². The van der Waals surface area contributed by atoms with Crippen LogP contribution in [0.1, 0.15) is 51.3 Å². The Labute approximate surface area is 117 Å². The average molecular weight is 280 g/mol. The molecule has 1 atom stereocenters. The Balaban J connectivity index is 1.66. The molecule has 1 aromatic heterocycles. The Kier molecular flexibility index (Phi) is 3.52. The fourth-order valence-electron chi connectivity index (χ4n) is 2.09. The Bertz CT molecular complexity index is 479. The zero-order valence-corrected chi connectivity index (χ0v) is 12.2. The van der Waals surface area contributed by atoms with Gasteiger partial charge in [0, 0.05) is 18.5 Å². The summed E-state index contributed by atoms with van der Waals surface area (Å²) in [6.45, 7) is 4.92. The molecular weight excluding hydrogens is 260 g/mol. The van der Waals surface area contributed by atoms with Crippen LogP contribution in [-0.4, -0.2) is 32.0 Å². The lowest BCUT2D eigenvalue weighted by atomic mass is 10.4. The molecule has 2 saturated carbocycles. The highest BCUT2D eigenvalue weighted by Crippen LogP contribution is 2.40. The first-order valence-electron chi connectivity index (χ1n) is 7.09. The van der Waals surface area contributed by atoms with Gasteiger partial charge in [-0.15, -0.1) is 10.2 Å². The molecule has 0 aromatic carbocycles. The minimum atomic E-state index is -0.109. The molecule has 1 heterocycles. The summed E-state index contributed by atoms with van der Waals surface area (Å²) in [5, 5.41) is 12.4. The highest BCUT2D eigenvalue weighted by molar-refractivity contribution is 8.00. The first-order chi connectivity index (χ1) is 9.19. The SMILES string of the molecule is CCn1c(S[C@H](C)C(=O)NC2CC2)nnc1C1CC1. The normalized spacial score (nSPS) is 20.3. The highest BCUT2D eigenvalue weighted by Gasteiger charge is 2.31. The van der Waals surface area contributed by atoms with E-state index in [-0.39, 0.29) is 11.2 Å². The van der Waals surface area contributed by atoms with Crippen molar-refractivity contribution in [3.8, 4) is 0 Å². The number of carbonyl (C=O) groups is 1. The van der Waals surface area contributed by atoms with E-state index in [1.165, 1.54) is 24.6 Å². The first-order valence-corrected chi connectivity index (χ1v) is 7.97. The minimum Gasteiger partial charge on any atom is -0.352 e. The molecule has 0 radical (unpaired) electrons. The van der Waals surface area contributed by atoms with Gasteiger partial charge < -0.3 is 9.88 Å². The minimum absolute atomic E-state index is 0.109. The Morgan fingerprint density at radius 3 is 2.74 bits per heavy atom. The third kappa shape index (κ3) is 2.94. The third-order valence-corrected chi connectivity index (χ3v) is 4.66. The Morgan fingerprint density at radius 2 is 2.16 bits per heavy atom. The van der Waals surface area contributed by atoms with E-state index in [9.17, 15) is 4.79 Å². The van der Waals surface area contributed by atoms with Gasteiger partial charge in [0.25, 0.3) is 0 Å². The van der Waals surface area contributed by atoms with Crippen LogP contribution in [0.15, 0.2) is 5.16 Å². The molecule has 0 bridgehead atoms. The number of amides is 1. The lowest BCUT2D eigenvalue weighted by Gasteiger charge is -2.12. The third-order valence-electron chi connectivity index (χ3n) is 3.58. The van der Waals surface area contributed by atoms with Crippen LogP contribution >= 0.6 is 11.8 Å². The molecule has 2 aliphatic rings. The highest BCUT2D eigenvalue weighted by atomic mass is 32.2. The summed E-state index contributed by atoms with van der Waals surface area (Å²) in [5.74, 6) is 1.81.